The Morgan fingerprint density at radius 3 is 2.46 bits per heavy atom. The lowest BCUT2D eigenvalue weighted by Crippen LogP contribution is -2.59. The molecule has 24 heavy (non-hydrogen) atoms. The van der Waals surface area contributed by atoms with Crippen LogP contribution in [0.2, 0.25) is 0 Å². The van der Waals surface area contributed by atoms with E-state index in [0.29, 0.717) is 11.9 Å². The van der Waals surface area contributed by atoms with Crippen molar-refractivity contribution in [3.8, 4) is 0 Å². The van der Waals surface area contributed by atoms with Crippen LogP contribution >= 0.6 is 0 Å². The van der Waals surface area contributed by atoms with E-state index in [4.69, 9.17) is 4.74 Å². The van der Waals surface area contributed by atoms with Crippen LogP contribution in [0.15, 0.2) is 0 Å². The van der Waals surface area contributed by atoms with Gasteiger partial charge in [0.25, 0.3) is 0 Å². The van der Waals surface area contributed by atoms with Crippen LogP contribution in [0.1, 0.15) is 51.9 Å². The topological polar surface area (TPSA) is 36.0 Å². The summed E-state index contributed by atoms with van der Waals surface area (Å²) in [4.78, 5) is 20.3. The normalized spacial score (nSPS) is 28.5. The van der Waals surface area contributed by atoms with Gasteiger partial charge in [0.15, 0.2) is 0 Å². The molecule has 3 fully saturated rings. The van der Waals surface area contributed by atoms with E-state index in [1.165, 1.54) is 25.8 Å². The number of ether oxygens (including phenoxy) is 1. The zero-order chi connectivity index (χ0) is 16.8. The highest BCUT2D eigenvalue weighted by molar-refractivity contribution is 5.83. The maximum absolute atomic E-state index is 13.0. The fourth-order valence-electron chi connectivity index (χ4n) is 4.46. The highest BCUT2D eigenvalue weighted by Gasteiger charge is 2.37. The van der Waals surface area contributed by atoms with Crippen LogP contribution in [-0.2, 0) is 9.53 Å². The number of unbranched alkanes of at least 4 members (excludes halogenated alkanes) is 2. The highest BCUT2D eigenvalue weighted by atomic mass is 16.5. The molecule has 5 heteroatoms. The first kappa shape index (κ1) is 18.2. The van der Waals surface area contributed by atoms with Gasteiger partial charge in [-0.3, -0.25) is 9.69 Å². The molecule has 5 nitrogen and oxygen atoms in total. The van der Waals surface area contributed by atoms with Crippen molar-refractivity contribution in [2.24, 2.45) is 0 Å². The highest BCUT2D eigenvalue weighted by Crippen LogP contribution is 2.24. The number of nitrogens with zero attached hydrogens (tertiary/aromatic N) is 3. The molecule has 3 rings (SSSR count). The number of piperidine rings is 1. The first-order valence-electron chi connectivity index (χ1n) is 10.1. The van der Waals surface area contributed by atoms with E-state index in [1.807, 2.05) is 0 Å². The van der Waals surface area contributed by atoms with Gasteiger partial charge in [0.2, 0.25) is 5.91 Å². The van der Waals surface area contributed by atoms with Crippen molar-refractivity contribution < 1.29 is 9.53 Å². The molecule has 0 saturated carbocycles. The summed E-state index contributed by atoms with van der Waals surface area (Å²) in [5, 5.41) is 0. The fraction of sp³-hybridized carbons (Fsp3) is 0.947. The summed E-state index contributed by atoms with van der Waals surface area (Å²) in [6.45, 7) is 10.5. The van der Waals surface area contributed by atoms with Crippen LogP contribution in [0.5, 0.6) is 0 Å². The molecule has 0 aromatic carbocycles. The molecular formula is C19H35N3O2. The van der Waals surface area contributed by atoms with Crippen LogP contribution in [0.3, 0.4) is 0 Å². The lowest BCUT2D eigenvalue weighted by molar-refractivity contribution is -0.145. The van der Waals surface area contributed by atoms with Crippen LogP contribution in [0.25, 0.3) is 0 Å². The molecule has 1 amide bonds. The van der Waals surface area contributed by atoms with Crippen molar-refractivity contribution >= 4 is 5.91 Å². The number of carbonyl (C=O) groups is 1. The second-order valence-electron chi connectivity index (χ2n) is 7.62. The van der Waals surface area contributed by atoms with Crippen molar-refractivity contribution in [3.63, 3.8) is 0 Å². The van der Waals surface area contributed by atoms with Gasteiger partial charge in [-0.25, -0.2) is 0 Å². The van der Waals surface area contributed by atoms with Gasteiger partial charge in [0, 0.05) is 52.0 Å². The van der Waals surface area contributed by atoms with Crippen molar-refractivity contribution in [3.05, 3.63) is 0 Å². The Balaban J connectivity index is 1.48. The number of piperazine rings is 1. The molecule has 0 aliphatic carbocycles. The second kappa shape index (κ2) is 9.16. The average Bonchev–Trinajstić information content (AvgIpc) is 2.64. The third-order valence-corrected chi connectivity index (χ3v) is 6.00. The molecule has 3 aliphatic heterocycles. The predicted molar refractivity (Wildman–Crippen MR) is 96.1 cm³/mol. The smallest absolute Gasteiger partial charge is 0.240 e. The monoisotopic (exact) mass is 337 g/mol. The van der Waals surface area contributed by atoms with Gasteiger partial charge in [-0.2, -0.15) is 0 Å². The summed E-state index contributed by atoms with van der Waals surface area (Å²) in [7, 11) is 0. The molecule has 0 bridgehead atoms. The molecule has 0 radical (unpaired) electrons. The number of amides is 1. The van der Waals surface area contributed by atoms with Crippen molar-refractivity contribution in [2.45, 2.75) is 64.0 Å². The van der Waals surface area contributed by atoms with Crippen molar-refractivity contribution in [1.29, 1.82) is 0 Å². The van der Waals surface area contributed by atoms with E-state index < -0.39 is 0 Å². The Kier molecular flexibility index (Phi) is 6.93. The second-order valence-corrected chi connectivity index (χ2v) is 7.62. The van der Waals surface area contributed by atoms with Crippen LogP contribution in [-0.4, -0.2) is 85.2 Å². The summed E-state index contributed by atoms with van der Waals surface area (Å²) in [6, 6.07) is 0.559. The number of hydrogen-bond donors (Lipinski definition) is 0. The molecule has 3 heterocycles. The van der Waals surface area contributed by atoms with E-state index in [2.05, 4.69) is 21.6 Å². The first-order valence-corrected chi connectivity index (χ1v) is 10.1. The molecule has 138 valence electrons. The molecule has 0 N–H and O–H groups in total. The van der Waals surface area contributed by atoms with Gasteiger partial charge in [-0.15, -0.1) is 0 Å². The van der Waals surface area contributed by atoms with E-state index in [-0.39, 0.29) is 6.04 Å². The zero-order valence-corrected chi connectivity index (χ0v) is 15.4. The molecule has 1 atom stereocenters. The number of hydrogen-bond acceptors (Lipinski definition) is 4. The zero-order valence-electron chi connectivity index (χ0n) is 15.4. The van der Waals surface area contributed by atoms with E-state index in [9.17, 15) is 4.79 Å². The SMILES string of the molecule is CCCCCN1CCN([C@H]2CCCN(C3CCOCC3)C2=O)CC1. The van der Waals surface area contributed by atoms with Crippen LogP contribution in [0.4, 0.5) is 0 Å². The summed E-state index contributed by atoms with van der Waals surface area (Å²) in [5.74, 6) is 0.396. The van der Waals surface area contributed by atoms with Crippen LogP contribution in [0, 0.1) is 0 Å². The Hall–Kier alpha value is -0.650. The molecule has 0 aromatic heterocycles. The summed E-state index contributed by atoms with van der Waals surface area (Å²) in [5.41, 5.74) is 0. The maximum atomic E-state index is 13.0. The van der Waals surface area contributed by atoms with E-state index in [1.54, 1.807) is 0 Å². The minimum Gasteiger partial charge on any atom is -0.381 e. The summed E-state index contributed by atoms with van der Waals surface area (Å²) >= 11 is 0. The van der Waals surface area contributed by atoms with Crippen LogP contribution < -0.4 is 0 Å². The standard InChI is InChI=1S/C19H35N3O2/c1-2-3-4-9-20-11-13-21(14-12-20)18-6-5-10-22(19(18)23)17-7-15-24-16-8-17/h17-18H,2-16H2,1H3/t18-/m0/s1. The van der Waals surface area contributed by atoms with Gasteiger partial charge in [-0.05, 0) is 38.6 Å². The lowest BCUT2D eigenvalue weighted by atomic mass is 9.97. The first-order chi connectivity index (χ1) is 11.8. The molecule has 0 aromatic rings. The van der Waals surface area contributed by atoms with Gasteiger partial charge >= 0.3 is 0 Å². The summed E-state index contributed by atoms with van der Waals surface area (Å²) in [6.07, 6.45) is 8.18. The van der Waals surface area contributed by atoms with Gasteiger partial charge in [-0.1, -0.05) is 19.8 Å². The summed E-state index contributed by atoms with van der Waals surface area (Å²) < 4.78 is 5.47. The largest absolute Gasteiger partial charge is 0.381 e. The molecular weight excluding hydrogens is 302 g/mol. The Labute approximate surface area is 147 Å². The Morgan fingerprint density at radius 2 is 1.75 bits per heavy atom. The Bertz CT molecular complexity index is 390. The molecule has 3 aliphatic rings. The van der Waals surface area contributed by atoms with Gasteiger partial charge < -0.3 is 14.5 Å². The third kappa shape index (κ3) is 4.50. The lowest BCUT2D eigenvalue weighted by Gasteiger charge is -2.45. The molecule has 0 unspecified atom stereocenters. The number of likely N-dealkylation sites (tertiary alicyclic amines) is 1. The van der Waals surface area contributed by atoms with Crippen molar-refractivity contribution in [1.82, 2.24) is 14.7 Å². The Morgan fingerprint density at radius 1 is 1.00 bits per heavy atom. The van der Waals surface area contributed by atoms with Crippen molar-refractivity contribution in [2.75, 3.05) is 52.5 Å². The minimum absolute atomic E-state index is 0.138. The minimum atomic E-state index is 0.138. The van der Waals surface area contributed by atoms with Gasteiger partial charge in [0.1, 0.15) is 0 Å². The molecule has 0 spiro atoms. The quantitative estimate of drug-likeness (QED) is 0.694. The molecule has 3 saturated heterocycles. The average molecular weight is 338 g/mol. The van der Waals surface area contributed by atoms with E-state index in [0.717, 1.165) is 71.6 Å². The number of carbonyl (C=O) groups excluding carboxylic acids is 1. The third-order valence-electron chi connectivity index (χ3n) is 6.00. The fourth-order valence-corrected chi connectivity index (χ4v) is 4.46. The predicted octanol–water partition coefficient (Wildman–Crippen LogP) is 1.96. The maximum Gasteiger partial charge on any atom is 0.240 e. The number of rotatable bonds is 6. The van der Waals surface area contributed by atoms with Gasteiger partial charge in [0.05, 0.1) is 6.04 Å². The van der Waals surface area contributed by atoms with E-state index >= 15 is 0 Å².